The molecule has 0 bridgehead atoms. The minimum Gasteiger partial charge on any atom is -0.352 e. The Hall–Kier alpha value is -2.66. The molecule has 1 saturated carbocycles. The van der Waals surface area contributed by atoms with E-state index < -0.39 is 6.04 Å². The zero-order valence-electron chi connectivity index (χ0n) is 16.2. The third-order valence-corrected chi connectivity index (χ3v) is 4.79. The largest absolute Gasteiger partial charge is 0.352 e. The molecule has 1 aliphatic rings. The quantitative estimate of drug-likeness (QED) is 0.792. The standard InChI is InChI=1S/C22H27N3O2/c1-15-9-10-16(2)19(13-15)24-22(27)21(17-7-5-4-6-8-17)25(3)14-20(26)23-18-11-12-18/h4-10,13,18,21H,11-12,14H2,1-3H3,(H,23,26)(H,24,27)/t21-/m0/s1. The maximum absolute atomic E-state index is 13.1. The van der Waals surface area contributed by atoms with E-state index in [4.69, 9.17) is 0 Å². The maximum atomic E-state index is 13.1. The third kappa shape index (κ3) is 5.17. The summed E-state index contributed by atoms with van der Waals surface area (Å²) in [4.78, 5) is 27.2. The van der Waals surface area contributed by atoms with Gasteiger partial charge < -0.3 is 10.6 Å². The summed E-state index contributed by atoms with van der Waals surface area (Å²) in [5.41, 5.74) is 3.76. The van der Waals surface area contributed by atoms with Crippen LogP contribution in [-0.4, -0.2) is 36.3 Å². The molecule has 3 rings (SSSR count). The summed E-state index contributed by atoms with van der Waals surface area (Å²) in [5, 5.41) is 6.03. The van der Waals surface area contributed by atoms with Crippen molar-refractivity contribution in [1.29, 1.82) is 0 Å². The van der Waals surface area contributed by atoms with Crippen molar-refractivity contribution in [2.45, 2.75) is 38.8 Å². The fourth-order valence-electron chi connectivity index (χ4n) is 3.13. The minimum atomic E-state index is -0.545. The van der Waals surface area contributed by atoms with Gasteiger partial charge >= 0.3 is 0 Å². The minimum absolute atomic E-state index is 0.0412. The molecule has 0 radical (unpaired) electrons. The van der Waals surface area contributed by atoms with Crippen LogP contribution in [-0.2, 0) is 9.59 Å². The van der Waals surface area contributed by atoms with Crippen LogP contribution >= 0.6 is 0 Å². The molecular weight excluding hydrogens is 338 g/mol. The molecule has 0 spiro atoms. The molecule has 2 amide bonds. The monoisotopic (exact) mass is 365 g/mol. The molecule has 0 aromatic heterocycles. The van der Waals surface area contributed by atoms with Gasteiger partial charge in [-0.15, -0.1) is 0 Å². The molecule has 0 saturated heterocycles. The number of amides is 2. The van der Waals surface area contributed by atoms with Gasteiger partial charge in [0.1, 0.15) is 6.04 Å². The van der Waals surface area contributed by atoms with Crippen molar-refractivity contribution in [3.63, 3.8) is 0 Å². The van der Waals surface area contributed by atoms with E-state index in [1.165, 1.54) is 0 Å². The number of hydrogen-bond acceptors (Lipinski definition) is 3. The number of aryl methyl sites for hydroxylation is 2. The zero-order chi connectivity index (χ0) is 19.4. The second-order valence-corrected chi connectivity index (χ2v) is 7.38. The van der Waals surface area contributed by atoms with Crippen molar-refractivity contribution < 1.29 is 9.59 Å². The van der Waals surface area contributed by atoms with Gasteiger partial charge in [-0.25, -0.2) is 0 Å². The van der Waals surface area contributed by atoms with Gasteiger partial charge in [0.2, 0.25) is 11.8 Å². The Morgan fingerprint density at radius 2 is 1.81 bits per heavy atom. The molecule has 0 heterocycles. The van der Waals surface area contributed by atoms with E-state index in [0.717, 1.165) is 35.2 Å². The van der Waals surface area contributed by atoms with Crippen molar-refractivity contribution >= 4 is 17.5 Å². The summed E-state index contributed by atoms with van der Waals surface area (Å²) in [6.07, 6.45) is 2.09. The number of carbonyl (C=O) groups is 2. The highest BCUT2D eigenvalue weighted by Gasteiger charge is 2.29. The molecule has 5 nitrogen and oxygen atoms in total. The average Bonchev–Trinajstić information content (AvgIpc) is 3.43. The highest BCUT2D eigenvalue weighted by Crippen LogP contribution is 2.24. The number of likely N-dealkylation sites (N-methyl/N-ethyl adjacent to an activating group) is 1. The molecule has 2 N–H and O–H groups in total. The van der Waals surface area contributed by atoms with Gasteiger partial charge in [0.25, 0.3) is 0 Å². The topological polar surface area (TPSA) is 61.4 Å². The van der Waals surface area contributed by atoms with E-state index in [-0.39, 0.29) is 18.4 Å². The van der Waals surface area contributed by atoms with Crippen LogP contribution in [0.1, 0.15) is 35.6 Å². The van der Waals surface area contributed by atoms with Crippen LogP contribution in [0.25, 0.3) is 0 Å². The molecule has 2 aromatic rings. The van der Waals surface area contributed by atoms with Gasteiger partial charge in [-0.2, -0.15) is 0 Å². The Balaban J connectivity index is 1.79. The molecule has 1 fully saturated rings. The van der Waals surface area contributed by atoms with Crippen molar-refractivity contribution in [3.8, 4) is 0 Å². The van der Waals surface area contributed by atoms with E-state index in [9.17, 15) is 9.59 Å². The lowest BCUT2D eigenvalue weighted by molar-refractivity contribution is -0.125. The van der Waals surface area contributed by atoms with Gasteiger partial charge in [-0.1, -0.05) is 42.5 Å². The predicted molar refractivity (Wildman–Crippen MR) is 108 cm³/mol. The summed E-state index contributed by atoms with van der Waals surface area (Å²) in [7, 11) is 1.81. The zero-order valence-corrected chi connectivity index (χ0v) is 16.2. The van der Waals surface area contributed by atoms with Gasteiger partial charge in [-0.3, -0.25) is 14.5 Å². The molecule has 0 aliphatic heterocycles. The highest BCUT2D eigenvalue weighted by atomic mass is 16.2. The molecule has 142 valence electrons. The first-order chi connectivity index (χ1) is 12.9. The van der Waals surface area contributed by atoms with Crippen LogP contribution in [0.3, 0.4) is 0 Å². The number of nitrogens with zero attached hydrogens (tertiary/aromatic N) is 1. The Labute approximate surface area is 160 Å². The van der Waals surface area contributed by atoms with Crippen LogP contribution in [0.15, 0.2) is 48.5 Å². The summed E-state index contributed by atoms with van der Waals surface area (Å²) in [5.74, 6) is -0.183. The Morgan fingerprint density at radius 3 is 2.48 bits per heavy atom. The molecule has 2 aromatic carbocycles. The Morgan fingerprint density at radius 1 is 1.11 bits per heavy atom. The lowest BCUT2D eigenvalue weighted by Crippen LogP contribution is -2.42. The van der Waals surface area contributed by atoms with Crippen LogP contribution in [0.5, 0.6) is 0 Å². The lowest BCUT2D eigenvalue weighted by atomic mass is 10.0. The van der Waals surface area contributed by atoms with Gasteiger partial charge in [0.15, 0.2) is 0 Å². The fraction of sp³-hybridized carbons (Fsp3) is 0.364. The molecule has 5 heteroatoms. The number of rotatable bonds is 7. The van der Waals surface area contributed by atoms with Crippen molar-refractivity contribution in [3.05, 3.63) is 65.2 Å². The summed E-state index contributed by atoms with van der Waals surface area (Å²) < 4.78 is 0. The van der Waals surface area contributed by atoms with Crippen molar-refractivity contribution in [2.75, 3.05) is 18.9 Å². The van der Waals surface area contributed by atoms with Gasteiger partial charge in [0.05, 0.1) is 6.54 Å². The maximum Gasteiger partial charge on any atom is 0.246 e. The third-order valence-electron chi connectivity index (χ3n) is 4.79. The Kier molecular flexibility index (Phi) is 5.91. The van der Waals surface area contributed by atoms with Crippen LogP contribution in [0.4, 0.5) is 5.69 Å². The van der Waals surface area contributed by atoms with Crippen molar-refractivity contribution in [1.82, 2.24) is 10.2 Å². The molecule has 0 unspecified atom stereocenters. The summed E-state index contributed by atoms with van der Waals surface area (Å²) in [6, 6.07) is 15.3. The van der Waals surface area contributed by atoms with Gasteiger partial charge in [0, 0.05) is 11.7 Å². The van der Waals surface area contributed by atoms with E-state index in [0.29, 0.717) is 6.04 Å². The van der Waals surface area contributed by atoms with Crippen LogP contribution in [0.2, 0.25) is 0 Å². The van der Waals surface area contributed by atoms with Crippen molar-refractivity contribution in [2.24, 2.45) is 0 Å². The number of nitrogens with one attached hydrogen (secondary N) is 2. The summed E-state index contributed by atoms with van der Waals surface area (Å²) in [6.45, 7) is 4.15. The molecular formula is C22H27N3O2. The molecule has 1 atom stereocenters. The smallest absolute Gasteiger partial charge is 0.246 e. The average molecular weight is 365 g/mol. The number of anilines is 1. The SMILES string of the molecule is Cc1ccc(C)c(NC(=O)[C@H](c2ccccc2)N(C)CC(=O)NC2CC2)c1. The first-order valence-corrected chi connectivity index (χ1v) is 9.36. The molecule has 1 aliphatic carbocycles. The van der Waals surface area contributed by atoms with Crippen LogP contribution < -0.4 is 10.6 Å². The fourth-order valence-corrected chi connectivity index (χ4v) is 3.13. The first-order valence-electron chi connectivity index (χ1n) is 9.36. The number of carbonyl (C=O) groups excluding carboxylic acids is 2. The van der Waals surface area contributed by atoms with Crippen LogP contribution in [0, 0.1) is 13.8 Å². The second-order valence-electron chi connectivity index (χ2n) is 7.38. The first kappa shape index (κ1) is 19.1. The second kappa shape index (κ2) is 8.35. The number of benzene rings is 2. The summed E-state index contributed by atoms with van der Waals surface area (Å²) >= 11 is 0. The molecule has 27 heavy (non-hydrogen) atoms. The van der Waals surface area contributed by atoms with E-state index in [2.05, 4.69) is 10.6 Å². The predicted octanol–water partition coefficient (Wildman–Crippen LogP) is 3.19. The lowest BCUT2D eigenvalue weighted by Gasteiger charge is -2.27. The van der Waals surface area contributed by atoms with E-state index >= 15 is 0 Å². The normalized spacial score (nSPS) is 14.7. The van der Waals surface area contributed by atoms with Gasteiger partial charge in [-0.05, 0) is 56.5 Å². The highest BCUT2D eigenvalue weighted by molar-refractivity contribution is 5.96. The van der Waals surface area contributed by atoms with E-state index in [1.54, 1.807) is 4.90 Å². The number of hydrogen-bond donors (Lipinski definition) is 2. The van der Waals surface area contributed by atoms with E-state index in [1.807, 2.05) is 69.4 Å². The Bertz CT molecular complexity index is 816.